The quantitative estimate of drug-likeness (QED) is 0.791. The predicted molar refractivity (Wildman–Crippen MR) is 96.0 cm³/mol. The number of aromatic amines is 1. The van der Waals surface area contributed by atoms with E-state index in [1.54, 1.807) is 12.0 Å². The normalized spacial score (nSPS) is 21.2. The van der Waals surface area contributed by atoms with Gasteiger partial charge >= 0.3 is 0 Å². The topological polar surface area (TPSA) is 117 Å². The number of hydrogen-bond donors (Lipinski definition) is 1. The molecule has 2 aromatic rings. The lowest BCUT2D eigenvalue weighted by molar-refractivity contribution is -0.136. The molecular formula is C16H21N7O3S. The third-order valence-electron chi connectivity index (χ3n) is 5.06. The molecule has 1 atom stereocenters. The van der Waals surface area contributed by atoms with Gasteiger partial charge in [-0.3, -0.25) is 19.6 Å². The molecule has 0 aromatic carbocycles. The highest BCUT2D eigenvalue weighted by atomic mass is 32.1. The molecule has 4 heterocycles. The maximum absolute atomic E-state index is 12.9. The van der Waals surface area contributed by atoms with Gasteiger partial charge in [0.25, 0.3) is 0 Å². The van der Waals surface area contributed by atoms with Gasteiger partial charge < -0.3 is 9.64 Å². The van der Waals surface area contributed by atoms with Gasteiger partial charge in [0.2, 0.25) is 16.9 Å². The molecule has 0 saturated carbocycles. The number of piperidine rings is 1. The average molecular weight is 391 g/mol. The van der Waals surface area contributed by atoms with Crippen molar-refractivity contribution in [3.05, 3.63) is 17.2 Å². The van der Waals surface area contributed by atoms with E-state index in [0.717, 1.165) is 18.7 Å². The maximum atomic E-state index is 12.9. The fourth-order valence-electron chi connectivity index (χ4n) is 3.64. The Labute approximate surface area is 159 Å². The summed E-state index contributed by atoms with van der Waals surface area (Å²) in [4.78, 5) is 32.9. The Morgan fingerprint density at radius 3 is 2.89 bits per heavy atom. The number of aromatic nitrogens is 5. The van der Waals surface area contributed by atoms with E-state index in [4.69, 9.17) is 4.74 Å². The summed E-state index contributed by atoms with van der Waals surface area (Å²) in [5.41, 5.74) is 0. The van der Waals surface area contributed by atoms with Crippen molar-refractivity contribution in [3.8, 4) is 0 Å². The van der Waals surface area contributed by atoms with Crippen LogP contribution in [0.25, 0.3) is 0 Å². The van der Waals surface area contributed by atoms with Gasteiger partial charge in [-0.2, -0.15) is 5.10 Å². The number of carbonyl (C=O) groups excluding carboxylic acids is 2. The Balaban J connectivity index is 1.35. The number of hydrogen-bond acceptors (Lipinski definition) is 8. The summed E-state index contributed by atoms with van der Waals surface area (Å²) in [5, 5.41) is 16.1. The number of amides is 2. The van der Waals surface area contributed by atoms with E-state index in [-0.39, 0.29) is 24.2 Å². The van der Waals surface area contributed by atoms with Gasteiger partial charge in [0.05, 0.1) is 5.92 Å². The number of H-pyrrole nitrogens is 1. The molecule has 2 saturated heterocycles. The summed E-state index contributed by atoms with van der Waals surface area (Å²) in [7, 11) is 1.59. The third kappa shape index (κ3) is 3.69. The van der Waals surface area contributed by atoms with Crippen LogP contribution in [-0.2, 0) is 20.9 Å². The minimum atomic E-state index is -0.325. The molecule has 1 N–H and O–H groups in total. The Hall–Kier alpha value is -2.40. The fourth-order valence-corrected chi connectivity index (χ4v) is 4.47. The molecule has 2 aromatic heterocycles. The number of rotatable bonds is 5. The van der Waals surface area contributed by atoms with Crippen molar-refractivity contribution in [1.29, 1.82) is 0 Å². The molecule has 2 fully saturated rings. The summed E-state index contributed by atoms with van der Waals surface area (Å²) >= 11 is 1.32. The molecule has 0 radical (unpaired) electrons. The molecule has 4 rings (SSSR count). The van der Waals surface area contributed by atoms with Crippen LogP contribution < -0.4 is 4.90 Å². The lowest BCUT2D eigenvalue weighted by Gasteiger charge is -2.32. The molecule has 2 amide bonds. The molecule has 0 aliphatic carbocycles. The van der Waals surface area contributed by atoms with Crippen molar-refractivity contribution in [3.63, 3.8) is 0 Å². The minimum Gasteiger partial charge on any atom is -0.377 e. The molecule has 0 bridgehead atoms. The van der Waals surface area contributed by atoms with E-state index in [1.165, 1.54) is 17.7 Å². The first kappa shape index (κ1) is 18.0. The van der Waals surface area contributed by atoms with Gasteiger partial charge in [0.1, 0.15) is 23.8 Å². The maximum Gasteiger partial charge on any atom is 0.229 e. The largest absolute Gasteiger partial charge is 0.377 e. The highest BCUT2D eigenvalue weighted by Gasteiger charge is 2.39. The summed E-state index contributed by atoms with van der Waals surface area (Å²) in [6, 6.07) is 0. The summed E-state index contributed by atoms with van der Waals surface area (Å²) in [6.45, 7) is 2.07. The first-order valence-electron chi connectivity index (χ1n) is 8.91. The Morgan fingerprint density at radius 1 is 1.37 bits per heavy atom. The molecule has 2 aliphatic heterocycles. The van der Waals surface area contributed by atoms with E-state index in [9.17, 15) is 9.59 Å². The monoisotopic (exact) mass is 391 g/mol. The number of nitrogens with one attached hydrogen (secondary N) is 1. The number of nitrogens with zero attached hydrogens (tertiary/aromatic N) is 6. The van der Waals surface area contributed by atoms with E-state index < -0.39 is 0 Å². The third-order valence-corrected chi connectivity index (χ3v) is 5.98. The molecule has 2 aliphatic rings. The van der Waals surface area contributed by atoms with E-state index >= 15 is 0 Å². The lowest BCUT2D eigenvalue weighted by Crippen LogP contribution is -2.42. The highest BCUT2D eigenvalue weighted by Crippen LogP contribution is 2.31. The summed E-state index contributed by atoms with van der Waals surface area (Å²) < 4.78 is 5.04. The molecule has 1 unspecified atom stereocenters. The average Bonchev–Trinajstić information content (AvgIpc) is 3.42. The van der Waals surface area contributed by atoms with Gasteiger partial charge in [-0.25, -0.2) is 4.98 Å². The molecular weight excluding hydrogens is 370 g/mol. The van der Waals surface area contributed by atoms with Crippen molar-refractivity contribution >= 4 is 28.3 Å². The lowest BCUT2D eigenvalue weighted by atomic mass is 9.95. The number of likely N-dealkylation sites (tertiary alicyclic amines) is 1. The van der Waals surface area contributed by atoms with Crippen LogP contribution in [0.15, 0.2) is 6.33 Å². The Morgan fingerprint density at radius 2 is 2.19 bits per heavy atom. The standard InChI is InChI=1S/C16H21N7O3S/c1-26-8-12-19-21-16(27-12)23-7-11(6-13(23)24)15(25)22-4-2-10(3-5-22)14-17-9-18-20-14/h9-11H,2-8H2,1H3,(H,17,18,20). The SMILES string of the molecule is COCc1nnc(N2CC(C(=O)N3CCC(c4ncn[nH]4)CC3)CC2=O)s1. The fraction of sp³-hybridized carbons (Fsp3) is 0.625. The summed E-state index contributed by atoms with van der Waals surface area (Å²) in [6.07, 6.45) is 3.43. The van der Waals surface area contributed by atoms with E-state index in [0.29, 0.717) is 42.3 Å². The van der Waals surface area contributed by atoms with Crippen molar-refractivity contribution in [2.75, 3.05) is 31.6 Å². The van der Waals surface area contributed by atoms with Crippen LogP contribution in [0.1, 0.15) is 36.0 Å². The van der Waals surface area contributed by atoms with Crippen LogP contribution >= 0.6 is 11.3 Å². The predicted octanol–water partition coefficient (Wildman–Crippen LogP) is 0.562. The first-order valence-corrected chi connectivity index (χ1v) is 9.73. The van der Waals surface area contributed by atoms with Crippen LogP contribution in [0.3, 0.4) is 0 Å². The molecule has 144 valence electrons. The molecule has 0 spiro atoms. The van der Waals surface area contributed by atoms with Crippen LogP contribution in [0.2, 0.25) is 0 Å². The van der Waals surface area contributed by atoms with E-state index in [2.05, 4.69) is 25.4 Å². The van der Waals surface area contributed by atoms with Crippen molar-refractivity contribution in [2.45, 2.75) is 31.8 Å². The second kappa shape index (κ2) is 7.69. The number of anilines is 1. The molecule has 27 heavy (non-hydrogen) atoms. The van der Waals surface area contributed by atoms with Gasteiger partial charge in [0, 0.05) is 39.1 Å². The molecule has 10 nitrogen and oxygen atoms in total. The van der Waals surface area contributed by atoms with Gasteiger partial charge in [-0.15, -0.1) is 10.2 Å². The van der Waals surface area contributed by atoms with Crippen LogP contribution in [0, 0.1) is 5.92 Å². The first-order chi connectivity index (χ1) is 13.2. The second-order valence-corrected chi connectivity index (χ2v) is 7.83. The number of carbonyl (C=O) groups is 2. The van der Waals surface area contributed by atoms with Gasteiger partial charge in [0.15, 0.2) is 0 Å². The van der Waals surface area contributed by atoms with Gasteiger partial charge in [-0.1, -0.05) is 11.3 Å². The smallest absolute Gasteiger partial charge is 0.229 e. The van der Waals surface area contributed by atoms with Gasteiger partial charge in [-0.05, 0) is 12.8 Å². The Kier molecular flexibility index (Phi) is 5.12. The zero-order valence-corrected chi connectivity index (χ0v) is 15.8. The van der Waals surface area contributed by atoms with E-state index in [1.807, 2.05) is 4.90 Å². The van der Waals surface area contributed by atoms with Crippen LogP contribution in [0.4, 0.5) is 5.13 Å². The Bertz CT molecular complexity index is 801. The minimum absolute atomic E-state index is 0.0449. The van der Waals surface area contributed by atoms with Crippen molar-refractivity contribution in [2.24, 2.45) is 5.92 Å². The van der Waals surface area contributed by atoms with Crippen molar-refractivity contribution < 1.29 is 14.3 Å². The number of methoxy groups -OCH3 is 1. The highest BCUT2D eigenvalue weighted by molar-refractivity contribution is 7.15. The second-order valence-electron chi connectivity index (χ2n) is 6.79. The number of ether oxygens (including phenoxy) is 1. The zero-order valence-electron chi connectivity index (χ0n) is 15.0. The van der Waals surface area contributed by atoms with Crippen molar-refractivity contribution in [1.82, 2.24) is 30.3 Å². The summed E-state index contributed by atoms with van der Waals surface area (Å²) in [5.74, 6) is 0.828. The molecule has 11 heteroatoms. The van der Waals surface area contributed by atoms with Crippen LogP contribution in [-0.4, -0.2) is 68.8 Å². The van der Waals surface area contributed by atoms with Crippen LogP contribution in [0.5, 0.6) is 0 Å². The zero-order chi connectivity index (χ0) is 18.8.